The summed E-state index contributed by atoms with van der Waals surface area (Å²) in [6.45, 7) is 0. The van der Waals surface area contributed by atoms with Crippen LogP contribution in [0.25, 0.3) is 0 Å². The summed E-state index contributed by atoms with van der Waals surface area (Å²) in [5, 5.41) is 8.69. The maximum atomic E-state index is 4.35. The van der Waals surface area contributed by atoms with Crippen molar-refractivity contribution in [2.75, 3.05) is 0 Å². The summed E-state index contributed by atoms with van der Waals surface area (Å²) in [7, 11) is 1.76. The molecule has 6 heteroatoms. The van der Waals surface area contributed by atoms with E-state index in [0.29, 0.717) is 0 Å². The predicted molar refractivity (Wildman–Crippen MR) is 78.1 cm³/mol. The van der Waals surface area contributed by atoms with Gasteiger partial charge in [0, 0.05) is 0 Å². The van der Waals surface area contributed by atoms with Crippen LogP contribution < -0.4 is 10.9 Å². The quantitative estimate of drug-likeness (QED) is 0.715. The van der Waals surface area contributed by atoms with Crippen LogP contribution in [-0.4, -0.2) is 11.7 Å². The molecule has 1 heterocycles. The third-order valence-electron chi connectivity index (χ3n) is 2.79. The second-order valence-electron chi connectivity index (χ2n) is 4.12. The maximum absolute atomic E-state index is 4.35. The van der Waals surface area contributed by atoms with Gasteiger partial charge in [-0.2, -0.15) is 0 Å². The topological polar surface area (TPSA) is 48.8 Å². The molecule has 1 aliphatic heterocycles. The van der Waals surface area contributed by atoms with Gasteiger partial charge < -0.3 is 0 Å². The van der Waals surface area contributed by atoms with Crippen LogP contribution in [-0.2, 0) is 0 Å². The number of hydrogen-bond acceptors (Lipinski definition) is 5. The molecule has 0 radical (unpaired) electrons. The molecule has 0 fully saturated rings. The van der Waals surface area contributed by atoms with Gasteiger partial charge in [0.25, 0.3) is 0 Å². The first-order chi connectivity index (χ1) is 9.86. The van der Waals surface area contributed by atoms with Crippen molar-refractivity contribution in [2.24, 2.45) is 10.2 Å². The van der Waals surface area contributed by atoms with Crippen molar-refractivity contribution >= 4 is 20.2 Å². The van der Waals surface area contributed by atoms with Crippen LogP contribution in [0.2, 0.25) is 0 Å². The minimum atomic E-state index is 0.721. The zero-order valence-electron chi connectivity index (χ0n) is 10.4. The van der Waals surface area contributed by atoms with Crippen molar-refractivity contribution in [1.29, 1.82) is 0 Å². The fourth-order valence-corrected chi connectivity index (χ4v) is 3.23. The van der Waals surface area contributed by atoms with Crippen molar-refractivity contribution in [1.82, 2.24) is 10.9 Å². The Hall–Kier alpha value is -1.39. The molecule has 1 aliphatic rings. The van der Waals surface area contributed by atoms with Gasteiger partial charge in [-0.1, -0.05) is 0 Å². The molecule has 100 valence electrons. The van der Waals surface area contributed by atoms with E-state index in [1.54, 1.807) is 31.8 Å². The Kier molecular flexibility index (Phi) is 4.33. The molecular formula is C14H11AtN4S. The molecule has 2 aromatic rings. The Bertz CT molecular complexity index is 670. The minimum absolute atomic E-state index is 0.721. The summed E-state index contributed by atoms with van der Waals surface area (Å²) < 4.78 is 0. The number of hydrazone groups is 2. The Labute approximate surface area is 134 Å². The molecule has 3 rings (SSSR count). The Morgan fingerprint density at radius 2 is 1.45 bits per heavy atom. The van der Waals surface area contributed by atoms with E-state index in [4.69, 9.17) is 0 Å². The van der Waals surface area contributed by atoms with Crippen LogP contribution in [0.4, 0.5) is 0 Å². The molecule has 2 aromatic carbocycles. The Morgan fingerprint density at radius 1 is 0.800 bits per heavy atom. The second kappa shape index (κ2) is 6.38. The molecule has 2 N–H and O–H groups in total. The van der Waals surface area contributed by atoms with E-state index in [0.717, 1.165) is 22.8 Å². The van der Waals surface area contributed by atoms with Gasteiger partial charge in [0.15, 0.2) is 0 Å². The summed E-state index contributed by atoms with van der Waals surface area (Å²) >= 11 is 1.67. The molecule has 0 atom stereocenters. The van der Waals surface area contributed by atoms with Crippen LogP contribution >= 0.6 is 8.52 Å². The van der Waals surface area contributed by atoms with E-state index in [1.807, 2.05) is 42.5 Å². The first-order valence-corrected chi connectivity index (χ1v) is 10.3. The average Bonchev–Trinajstić information content (AvgIpc) is 2.56. The fourth-order valence-electron chi connectivity index (χ4n) is 1.81. The van der Waals surface area contributed by atoms with Crippen molar-refractivity contribution in [3.63, 3.8) is 0 Å². The van der Waals surface area contributed by atoms with E-state index in [2.05, 4.69) is 33.2 Å². The zero-order valence-corrected chi connectivity index (χ0v) is 14.1. The van der Waals surface area contributed by atoms with Crippen LogP contribution in [0.15, 0.2) is 69.7 Å². The molecule has 0 spiro atoms. The van der Waals surface area contributed by atoms with E-state index >= 15 is 0 Å². The van der Waals surface area contributed by atoms with Gasteiger partial charge in [-0.15, -0.1) is 0 Å². The first kappa shape index (κ1) is 13.6. The van der Waals surface area contributed by atoms with Crippen molar-refractivity contribution in [3.8, 4) is 0 Å². The first-order valence-electron chi connectivity index (χ1n) is 5.98. The molecule has 0 aromatic heterocycles. The van der Waals surface area contributed by atoms with E-state index < -0.39 is 0 Å². The van der Waals surface area contributed by atoms with E-state index in [-0.39, 0.29) is 0 Å². The molecule has 0 aliphatic carbocycles. The summed E-state index contributed by atoms with van der Waals surface area (Å²) in [6.07, 6.45) is 0. The average molecular weight is 477 g/mol. The van der Waals surface area contributed by atoms with Gasteiger partial charge in [0.2, 0.25) is 0 Å². The summed E-state index contributed by atoms with van der Waals surface area (Å²) in [5.41, 5.74) is 8.03. The number of nitrogens with zero attached hydrogens (tertiary/aromatic N) is 2. The number of amidine groups is 2. The summed E-state index contributed by atoms with van der Waals surface area (Å²) in [6, 6.07) is 18.1. The van der Waals surface area contributed by atoms with E-state index in [9.17, 15) is 0 Å². The normalized spacial score (nSPS) is 13.8. The van der Waals surface area contributed by atoms with Crippen LogP contribution in [0.3, 0.4) is 0 Å². The van der Waals surface area contributed by atoms with Gasteiger partial charge in [0.05, 0.1) is 0 Å². The monoisotopic (exact) mass is 477 g/mol. The Morgan fingerprint density at radius 3 is 2.10 bits per heavy atom. The molecule has 0 saturated carbocycles. The van der Waals surface area contributed by atoms with Crippen molar-refractivity contribution in [2.45, 2.75) is 4.90 Å². The van der Waals surface area contributed by atoms with Gasteiger partial charge in [-0.3, -0.25) is 0 Å². The summed E-state index contributed by atoms with van der Waals surface area (Å²) in [5.74, 6) is 1.45. The second-order valence-corrected chi connectivity index (χ2v) is 6.54. The molecular weight excluding hydrogens is 466 g/mol. The number of rotatable bonds is 3. The molecule has 0 saturated heterocycles. The van der Waals surface area contributed by atoms with Crippen LogP contribution in [0.5, 0.6) is 0 Å². The molecule has 0 unspecified atom stereocenters. The van der Waals surface area contributed by atoms with Crippen LogP contribution in [0, 0.1) is 23.3 Å². The Balaban J connectivity index is 1.78. The standard InChI is InChI=1S/C14H11AtN4S/c15-20-12-8-4-7-11(9-12)14-18-16-13(17-19-14)10-5-2-1-3-6-10/h1-9H,(H,16,17)(H,18,19). The third-order valence-corrected chi connectivity index (χ3v) is 5.30. The fraction of sp³-hybridized carbons (Fsp3) is 0. The SMILES string of the molecule is [At]Sc1cccc(C2=NNC(c3ccccc3)=NN2)c1. The number of benzene rings is 2. The van der Waals surface area contributed by atoms with Crippen molar-refractivity contribution in [3.05, 3.63) is 65.7 Å². The van der Waals surface area contributed by atoms with E-state index in [1.165, 1.54) is 4.90 Å². The molecule has 0 amide bonds. The molecule has 4 nitrogen and oxygen atoms in total. The molecule has 0 bridgehead atoms. The predicted octanol–water partition coefficient (Wildman–Crippen LogP) is 2.46. The van der Waals surface area contributed by atoms with Crippen LogP contribution in [0.1, 0.15) is 11.1 Å². The van der Waals surface area contributed by atoms with Gasteiger partial charge >= 0.3 is 135 Å². The van der Waals surface area contributed by atoms with Gasteiger partial charge in [0.1, 0.15) is 0 Å². The third kappa shape index (κ3) is 3.02. The zero-order chi connectivity index (χ0) is 13.8. The van der Waals surface area contributed by atoms with Gasteiger partial charge in [-0.25, -0.2) is 0 Å². The number of nitrogens with one attached hydrogen (secondary N) is 2. The van der Waals surface area contributed by atoms with Crippen molar-refractivity contribution < 1.29 is 23.3 Å². The van der Waals surface area contributed by atoms with Gasteiger partial charge in [-0.05, 0) is 0 Å². The number of hydrogen-bond donors (Lipinski definition) is 2. The molecule has 20 heavy (non-hydrogen) atoms. The summed E-state index contributed by atoms with van der Waals surface area (Å²) in [4.78, 5) is 1.22.